The van der Waals surface area contributed by atoms with Crippen molar-refractivity contribution in [2.45, 2.75) is 12.1 Å². The molecule has 0 amide bonds. The van der Waals surface area contributed by atoms with Crippen molar-refractivity contribution in [3.63, 3.8) is 0 Å². The summed E-state index contributed by atoms with van der Waals surface area (Å²) in [6, 6.07) is 6.88. The molecule has 1 aromatic rings. The van der Waals surface area contributed by atoms with Gasteiger partial charge in [-0.15, -0.1) is 0 Å². The zero-order valence-corrected chi connectivity index (χ0v) is 7.57. The largest absolute Gasteiger partial charge is 0.402 e. The van der Waals surface area contributed by atoms with Crippen LogP contribution >= 0.6 is 0 Å². The van der Waals surface area contributed by atoms with Gasteiger partial charge in [0, 0.05) is 4.92 Å². The lowest BCUT2D eigenvalue weighted by atomic mass is 9.99. The van der Waals surface area contributed by atoms with E-state index in [4.69, 9.17) is 0 Å². The van der Waals surface area contributed by atoms with Crippen molar-refractivity contribution in [1.29, 1.82) is 0 Å². The molecule has 0 spiro atoms. The highest BCUT2D eigenvalue weighted by Crippen LogP contribution is 2.34. The summed E-state index contributed by atoms with van der Waals surface area (Å²) in [5.74, 6) is -2.03. The third-order valence-corrected chi connectivity index (χ3v) is 1.93. The van der Waals surface area contributed by atoms with Crippen molar-refractivity contribution in [2.75, 3.05) is 6.54 Å². The van der Waals surface area contributed by atoms with Crippen molar-refractivity contribution in [1.82, 2.24) is 0 Å². The third kappa shape index (κ3) is 3.23. The minimum Gasteiger partial charge on any atom is -0.265 e. The van der Waals surface area contributed by atoms with Gasteiger partial charge in [-0.05, 0) is 5.56 Å². The summed E-state index contributed by atoms with van der Waals surface area (Å²) in [6.45, 7) is -1.13. The molecule has 0 fully saturated rings. The minimum absolute atomic E-state index is 0.0818. The highest BCUT2D eigenvalue weighted by Gasteiger charge is 2.44. The minimum atomic E-state index is -4.59. The molecule has 0 aliphatic heterocycles. The lowest BCUT2D eigenvalue weighted by molar-refractivity contribution is -0.490. The molecule has 1 atom stereocenters. The lowest BCUT2D eigenvalue weighted by Crippen LogP contribution is -2.27. The molecular formula is C9H8F3NO2. The summed E-state index contributed by atoms with van der Waals surface area (Å²) in [5, 5.41) is 10.1. The molecule has 0 bridgehead atoms. The highest BCUT2D eigenvalue weighted by molar-refractivity contribution is 5.21. The number of nitro groups is 1. The maximum absolute atomic E-state index is 12.5. The van der Waals surface area contributed by atoms with Crippen LogP contribution in [0.1, 0.15) is 11.5 Å². The van der Waals surface area contributed by atoms with Crippen LogP contribution in [0.4, 0.5) is 13.2 Å². The smallest absolute Gasteiger partial charge is 0.265 e. The summed E-state index contributed by atoms with van der Waals surface area (Å²) >= 11 is 0. The molecule has 0 aromatic heterocycles. The Morgan fingerprint density at radius 2 is 1.80 bits per heavy atom. The molecule has 15 heavy (non-hydrogen) atoms. The first kappa shape index (κ1) is 11.5. The summed E-state index contributed by atoms with van der Waals surface area (Å²) in [4.78, 5) is 9.18. The zero-order valence-electron chi connectivity index (χ0n) is 7.57. The number of halogens is 3. The fraction of sp³-hybridized carbons (Fsp3) is 0.333. The van der Waals surface area contributed by atoms with Crippen molar-refractivity contribution < 1.29 is 18.1 Å². The average Bonchev–Trinajstić information content (AvgIpc) is 2.14. The Kier molecular flexibility index (Phi) is 3.28. The Balaban J connectivity index is 2.97. The van der Waals surface area contributed by atoms with E-state index >= 15 is 0 Å². The predicted octanol–water partition coefficient (Wildman–Crippen LogP) is 2.61. The summed E-state index contributed by atoms with van der Waals surface area (Å²) in [7, 11) is 0. The van der Waals surface area contributed by atoms with E-state index in [-0.39, 0.29) is 5.56 Å². The normalized spacial score (nSPS) is 13.5. The lowest BCUT2D eigenvalue weighted by Gasteiger charge is -2.16. The van der Waals surface area contributed by atoms with Gasteiger partial charge in [0.15, 0.2) is 0 Å². The first-order valence-corrected chi connectivity index (χ1v) is 4.14. The fourth-order valence-electron chi connectivity index (χ4n) is 1.23. The molecule has 0 unspecified atom stereocenters. The molecule has 1 rings (SSSR count). The van der Waals surface area contributed by atoms with E-state index < -0.39 is 23.6 Å². The van der Waals surface area contributed by atoms with Crippen LogP contribution in [-0.2, 0) is 0 Å². The molecule has 0 aliphatic carbocycles. The maximum atomic E-state index is 12.5. The van der Waals surface area contributed by atoms with Crippen LogP contribution < -0.4 is 0 Å². The van der Waals surface area contributed by atoms with Gasteiger partial charge in [0.25, 0.3) is 0 Å². The Bertz CT molecular complexity index is 337. The topological polar surface area (TPSA) is 43.1 Å². The van der Waals surface area contributed by atoms with Gasteiger partial charge in [-0.1, -0.05) is 30.3 Å². The molecule has 0 saturated heterocycles. The van der Waals surface area contributed by atoms with Crippen LogP contribution in [0.2, 0.25) is 0 Å². The summed E-state index contributed by atoms with van der Waals surface area (Å²) in [6.07, 6.45) is -4.59. The van der Waals surface area contributed by atoms with Gasteiger partial charge >= 0.3 is 6.18 Å². The number of rotatable bonds is 3. The standard InChI is InChI=1S/C9H8F3NO2/c10-9(11,12)8(6-13(14)15)7-4-2-1-3-5-7/h1-5,8H,6H2/t8-/m0/s1. The quantitative estimate of drug-likeness (QED) is 0.579. The van der Waals surface area contributed by atoms with E-state index in [0.29, 0.717) is 0 Å². The van der Waals surface area contributed by atoms with Crippen molar-refractivity contribution >= 4 is 0 Å². The first-order valence-electron chi connectivity index (χ1n) is 4.14. The zero-order chi connectivity index (χ0) is 11.5. The van der Waals surface area contributed by atoms with Gasteiger partial charge in [-0.3, -0.25) is 10.1 Å². The van der Waals surface area contributed by atoms with Gasteiger partial charge in [-0.2, -0.15) is 13.2 Å². The van der Waals surface area contributed by atoms with Gasteiger partial charge in [-0.25, -0.2) is 0 Å². The highest BCUT2D eigenvalue weighted by atomic mass is 19.4. The molecule has 1 aromatic carbocycles. The monoisotopic (exact) mass is 219 g/mol. The van der Waals surface area contributed by atoms with Crippen LogP contribution in [0.3, 0.4) is 0 Å². The number of nitrogens with zero attached hydrogens (tertiary/aromatic N) is 1. The van der Waals surface area contributed by atoms with Crippen LogP contribution in [0.5, 0.6) is 0 Å². The van der Waals surface area contributed by atoms with Gasteiger partial charge < -0.3 is 0 Å². The van der Waals surface area contributed by atoms with E-state index in [2.05, 4.69) is 0 Å². The maximum Gasteiger partial charge on any atom is 0.402 e. The fourth-order valence-corrected chi connectivity index (χ4v) is 1.23. The second kappa shape index (κ2) is 4.29. The Labute approximate surface area is 83.7 Å². The van der Waals surface area contributed by atoms with E-state index in [1.54, 1.807) is 6.07 Å². The Morgan fingerprint density at radius 3 is 2.20 bits per heavy atom. The summed E-state index contributed by atoms with van der Waals surface area (Å²) < 4.78 is 37.4. The molecule has 0 heterocycles. The van der Waals surface area contributed by atoms with E-state index in [0.717, 1.165) is 0 Å². The van der Waals surface area contributed by atoms with Gasteiger partial charge in [0.05, 0.1) is 0 Å². The van der Waals surface area contributed by atoms with E-state index in [1.807, 2.05) is 0 Å². The number of alkyl halides is 3. The van der Waals surface area contributed by atoms with Gasteiger partial charge in [0.2, 0.25) is 6.54 Å². The SMILES string of the molecule is O=[N+]([O-])C[C@@H](c1ccccc1)C(F)(F)F. The molecule has 0 saturated carbocycles. The van der Waals surface area contributed by atoms with Crippen LogP contribution in [0.25, 0.3) is 0 Å². The first-order chi connectivity index (χ1) is 6.91. The molecule has 0 aliphatic rings. The summed E-state index contributed by atoms with van der Waals surface area (Å²) in [5.41, 5.74) is -0.0818. The van der Waals surface area contributed by atoms with Crippen molar-refractivity contribution in [2.24, 2.45) is 0 Å². The van der Waals surface area contributed by atoms with E-state index in [9.17, 15) is 23.3 Å². The Morgan fingerprint density at radius 1 is 1.27 bits per heavy atom. The molecule has 0 N–H and O–H groups in total. The third-order valence-electron chi connectivity index (χ3n) is 1.93. The number of hydrogen-bond acceptors (Lipinski definition) is 2. The van der Waals surface area contributed by atoms with Crippen LogP contribution in [0.15, 0.2) is 30.3 Å². The Hall–Kier alpha value is -1.59. The average molecular weight is 219 g/mol. The molecule has 6 heteroatoms. The molecule has 0 radical (unpaired) electrons. The van der Waals surface area contributed by atoms with Gasteiger partial charge in [0.1, 0.15) is 5.92 Å². The van der Waals surface area contributed by atoms with E-state index in [1.165, 1.54) is 24.3 Å². The van der Waals surface area contributed by atoms with Crippen LogP contribution in [-0.4, -0.2) is 17.6 Å². The predicted molar refractivity (Wildman–Crippen MR) is 47.1 cm³/mol. The molecule has 3 nitrogen and oxygen atoms in total. The number of benzene rings is 1. The molecular weight excluding hydrogens is 211 g/mol. The van der Waals surface area contributed by atoms with Crippen molar-refractivity contribution in [3.8, 4) is 0 Å². The van der Waals surface area contributed by atoms with Crippen LogP contribution in [0, 0.1) is 10.1 Å². The molecule has 82 valence electrons. The number of hydrogen-bond donors (Lipinski definition) is 0. The van der Waals surface area contributed by atoms with Crippen molar-refractivity contribution in [3.05, 3.63) is 46.0 Å². The second-order valence-electron chi connectivity index (χ2n) is 3.02. The second-order valence-corrected chi connectivity index (χ2v) is 3.02.